The van der Waals surface area contributed by atoms with Crippen molar-refractivity contribution in [2.45, 2.75) is 63.9 Å². The highest BCUT2D eigenvalue weighted by molar-refractivity contribution is 5.93. The molecular weight excluding hydrogens is 396 g/mol. The Kier molecular flexibility index (Phi) is 4.89. The molecule has 1 aromatic rings. The molecule has 1 aromatic carbocycles. The molecular formula is C26H31F2NO2. The maximum Gasteiger partial charge on any atom is 0.182 e. The molecule has 2 saturated carbocycles. The minimum atomic E-state index is -0.811. The Labute approximate surface area is 182 Å². The van der Waals surface area contributed by atoms with Crippen LogP contribution in [0.5, 0.6) is 0 Å². The second-order valence-corrected chi connectivity index (χ2v) is 10.4. The van der Waals surface area contributed by atoms with Crippen molar-refractivity contribution < 1.29 is 18.7 Å². The summed E-state index contributed by atoms with van der Waals surface area (Å²) in [5.41, 5.74) is 3.86. The van der Waals surface area contributed by atoms with Crippen LogP contribution in [0, 0.1) is 28.9 Å². The lowest BCUT2D eigenvalue weighted by Gasteiger charge is -2.52. The molecule has 0 amide bonds. The molecule has 2 fully saturated rings. The highest BCUT2D eigenvalue weighted by atomic mass is 19.2. The van der Waals surface area contributed by atoms with Crippen LogP contribution in [0.15, 0.2) is 34.9 Å². The summed E-state index contributed by atoms with van der Waals surface area (Å²) in [4.78, 5) is 13.6. The zero-order chi connectivity index (χ0) is 22.1. The molecule has 4 aliphatic carbocycles. The van der Waals surface area contributed by atoms with Gasteiger partial charge < -0.3 is 10.0 Å². The van der Waals surface area contributed by atoms with Gasteiger partial charge in [-0.1, -0.05) is 18.6 Å². The van der Waals surface area contributed by atoms with Gasteiger partial charge >= 0.3 is 0 Å². The van der Waals surface area contributed by atoms with E-state index in [1.165, 1.54) is 11.1 Å². The zero-order valence-corrected chi connectivity index (χ0v) is 18.5. The van der Waals surface area contributed by atoms with E-state index in [1.807, 2.05) is 0 Å². The molecule has 0 radical (unpaired) electrons. The number of rotatable bonds is 2. The number of allylic oxidation sites excluding steroid dienone is 4. The quantitative estimate of drug-likeness (QED) is 0.697. The topological polar surface area (TPSA) is 40.5 Å². The molecule has 0 heterocycles. The van der Waals surface area contributed by atoms with E-state index in [2.05, 4.69) is 6.92 Å². The summed E-state index contributed by atoms with van der Waals surface area (Å²) in [6, 6.07) is 3.40. The summed E-state index contributed by atoms with van der Waals surface area (Å²) in [5.74, 6) is -1.07. The molecule has 5 rings (SSSR count). The number of aliphatic hydroxyl groups excluding tert-OH is 1. The maximum atomic E-state index is 15.5. The monoisotopic (exact) mass is 427 g/mol. The van der Waals surface area contributed by atoms with Crippen LogP contribution in [0.3, 0.4) is 0 Å². The van der Waals surface area contributed by atoms with Crippen LogP contribution < -0.4 is 4.90 Å². The van der Waals surface area contributed by atoms with Crippen LogP contribution >= 0.6 is 0 Å². The van der Waals surface area contributed by atoms with Gasteiger partial charge in [-0.05, 0) is 84.6 Å². The number of fused-ring (bicyclic) bond motifs is 4. The van der Waals surface area contributed by atoms with Crippen molar-refractivity contribution in [3.8, 4) is 0 Å². The van der Waals surface area contributed by atoms with E-state index in [0.717, 1.165) is 31.3 Å². The number of benzene rings is 1. The highest BCUT2D eigenvalue weighted by Gasteiger charge is 2.56. The van der Waals surface area contributed by atoms with Crippen molar-refractivity contribution in [2.75, 3.05) is 19.0 Å². The third-order valence-corrected chi connectivity index (χ3v) is 8.63. The van der Waals surface area contributed by atoms with Gasteiger partial charge in [-0.15, -0.1) is 0 Å². The summed E-state index contributed by atoms with van der Waals surface area (Å²) in [5, 5.41) is 10.9. The molecule has 5 atom stereocenters. The van der Waals surface area contributed by atoms with E-state index in [4.69, 9.17) is 0 Å². The van der Waals surface area contributed by atoms with Crippen molar-refractivity contribution in [2.24, 2.45) is 17.3 Å². The first-order chi connectivity index (χ1) is 14.7. The first-order valence-corrected chi connectivity index (χ1v) is 11.5. The molecule has 5 heteroatoms. The number of nitrogens with zero attached hydrogens (tertiary/aromatic N) is 1. The molecule has 0 spiro atoms. The Morgan fingerprint density at radius 1 is 1.06 bits per heavy atom. The molecule has 5 unspecified atom stereocenters. The molecule has 0 aliphatic heterocycles. The fourth-order valence-electron chi connectivity index (χ4n) is 7.08. The number of carbonyl (C=O) groups excluding carboxylic acids is 1. The van der Waals surface area contributed by atoms with Crippen molar-refractivity contribution >= 4 is 11.5 Å². The number of hydrogen-bond donors (Lipinski definition) is 1. The molecule has 31 heavy (non-hydrogen) atoms. The lowest BCUT2D eigenvalue weighted by molar-refractivity contribution is -0.114. The zero-order valence-electron chi connectivity index (χ0n) is 18.5. The lowest BCUT2D eigenvalue weighted by Crippen LogP contribution is -2.45. The summed E-state index contributed by atoms with van der Waals surface area (Å²) in [6.45, 7) is 2.14. The molecule has 1 N–H and O–H groups in total. The van der Waals surface area contributed by atoms with Gasteiger partial charge in [-0.25, -0.2) is 8.78 Å². The minimum Gasteiger partial charge on any atom is -0.393 e. The van der Waals surface area contributed by atoms with Crippen molar-refractivity contribution in [3.05, 3.63) is 52.1 Å². The maximum absolute atomic E-state index is 15.5. The van der Waals surface area contributed by atoms with Crippen molar-refractivity contribution in [3.63, 3.8) is 0 Å². The highest BCUT2D eigenvalue weighted by Crippen LogP contribution is 2.64. The fraction of sp³-hybridized carbons (Fsp3) is 0.577. The summed E-state index contributed by atoms with van der Waals surface area (Å²) in [6.07, 6.45) is 6.69. The van der Waals surface area contributed by atoms with E-state index in [0.29, 0.717) is 30.7 Å². The molecule has 4 aliphatic rings. The van der Waals surface area contributed by atoms with Crippen LogP contribution in [0.2, 0.25) is 0 Å². The summed E-state index contributed by atoms with van der Waals surface area (Å²) >= 11 is 0. The van der Waals surface area contributed by atoms with Gasteiger partial charge in [0, 0.05) is 26.4 Å². The Balaban J connectivity index is 1.70. The average Bonchev–Trinajstić information content (AvgIpc) is 3.03. The van der Waals surface area contributed by atoms with Gasteiger partial charge in [-0.2, -0.15) is 0 Å². The smallest absolute Gasteiger partial charge is 0.182 e. The molecule has 0 aromatic heterocycles. The average molecular weight is 428 g/mol. The molecule has 0 bridgehead atoms. The van der Waals surface area contributed by atoms with Gasteiger partial charge in [0.15, 0.2) is 17.4 Å². The number of aliphatic hydroxyl groups is 1. The van der Waals surface area contributed by atoms with Crippen LogP contribution in [0.4, 0.5) is 14.5 Å². The molecule has 0 saturated heterocycles. The minimum absolute atomic E-state index is 0.166. The second kappa shape index (κ2) is 7.26. The standard InChI is InChI=1S/C26H31F2NO2/c1-26-13-19(17-8-10-21(29(2)3)25(28)24(17)27)23-16-7-5-15(30)12-14(16)4-6-18(23)20(26)9-11-22(26)31/h8,10,12,18-20,22,31H,4-7,9,11,13H2,1-3H3. The van der Waals surface area contributed by atoms with Gasteiger partial charge in [0.1, 0.15) is 0 Å². The Morgan fingerprint density at radius 2 is 1.84 bits per heavy atom. The third-order valence-electron chi connectivity index (χ3n) is 8.63. The van der Waals surface area contributed by atoms with E-state index >= 15 is 4.39 Å². The predicted molar refractivity (Wildman–Crippen MR) is 117 cm³/mol. The first kappa shape index (κ1) is 20.9. The SMILES string of the molecule is CN(C)c1ccc(C2CC3(C)C(O)CCC3C3CCC4=CC(=O)CCC4=C23)c(F)c1F. The number of halogens is 2. The van der Waals surface area contributed by atoms with Crippen molar-refractivity contribution in [1.82, 2.24) is 0 Å². The fourth-order valence-corrected chi connectivity index (χ4v) is 7.08. The Hall–Kier alpha value is -2.01. The van der Waals surface area contributed by atoms with Crippen LogP contribution in [-0.2, 0) is 4.79 Å². The number of ketones is 1. The Bertz CT molecular complexity index is 1010. The number of hydrogen-bond acceptors (Lipinski definition) is 3. The van der Waals surface area contributed by atoms with Gasteiger partial charge in [0.05, 0.1) is 11.8 Å². The van der Waals surface area contributed by atoms with Gasteiger partial charge in [0.2, 0.25) is 0 Å². The lowest BCUT2D eigenvalue weighted by atomic mass is 9.53. The van der Waals surface area contributed by atoms with Crippen LogP contribution in [0.1, 0.15) is 63.4 Å². The second-order valence-electron chi connectivity index (χ2n) is 10.4. The first-order valence-electron chi connectivity index (χ1n) is 11.5. The van der Waals surface area contributed by atoms with Crippen molar-refractivity contribution in [1.29, 1.82) is 0 Å². The summed E-state index contributed by atoms with van der Waals surface area (Å²) < 4.78 is 30.4. The van der Waals surface area contributed by atoms with Gasteiger partial charge in [-0.3, -0.25) is 4.79 Å². The number of anilines is 1. The normalized spacial score (nSPS) is 34.8. The third kappa shape index (κ3) is 3.03. The van der Waals surface area contributed by atoms with E-state index in [9.17, 15) is 14.3 Å². The van der Waals surface area contributed by atoms with Gasteiger partial charge in [0.25, 0.3) is 0 Å². The summed E-state index contributed by atoms with van der Waals surface area (Å²) in [7, 11) is 3.41. The van der Waals surface area contributed by atoms with E-state index in [1.54, 1.807) is 37.2 Å². The van der Waals surface area contributed by atoms with Crippen LogP contribution in [-0.4, -0.2) is 31.1 Å². The number of carbonyl (C=O) groups is 1. The predicted octanol–water partition coefficient (Wildman–Crippen LogP) is 5.29. The Morgan fingerprint density at radius 3 is 2.58 bits per heavy atom. The molecule has 3 nitrogen and oxygen atoms in total. The van der Waals surface area contributed by atoms with E-state index in [-0.39, 0.29) is 28.7 Å². The van der Waals surface area contributed by atoms with E-state index < -0.39 is 17.7 Å². The van der Waals surface area contributed by atoms with Crippen LogP contribution in [0.25, 0.3) is 0 Å². The largest absolute Gasteiger partial charge is 0.393 e. The molecule has 166 valence electrons.